The highest BCUT2D eigenvalue weighted by Gasteiger charge is 2.30. The normalized spacial score (nSPS) is 24.0. The van der Waals surface area contributed by atoms with Gasteiger partial charge in [-0.1, -0.05) is 0 Å². The predicted molar refractivity (Wildman–Crippen MR) is 60.5 cm³/mol. The molecule has 1 heterocycles. The summed E-state index contributed by atoms with van der Waals surface area (Å²) in [7, 11) is 0. The number of nitrogens with zero attached hydrogens (tertiary/aromatic N) is 1. The van der Waals surface area contributed by atoms with Crippen molar-refractivity contribution in [1.29, 1.82) is 0 Å². The molecule has 1 amide bonds. The van der Waals surface area contributed by atoms with Gasteiger partial charge in [0.25, 0.3) is 0 Å². The minimum atomic E-state index is -0.839. The van der Waals surface area contributed by atoms with Crippen molar-refractivity contribution >= 4 is 11.9 Å². The molecule has 1 atom stereocenters. The van der Waals surface area contributed by atoms with Crippen LogP contribution in [0.15, 0.2) is 0 Å². The molecule has 1 aliphatic heterocycles. The first kappa shape index (κ1) is 12.4. The molecule has 1 N–H and O–H groups in total. The van der Waals surface area contributed by atoms with Crippen molar-refractivity contribution in [2.75, 3.05) is 19.8 Å². The fraction of sp³-hybridized carbons (Fsp3) is 0.833. The Labute approximate surface area is 101 Å². The number of carbonyl (C=O) groups excluding carboxylic acids is 1. The van der Waals surface area contributed by atoms with Crippen molar-refractivity contribution in [1.82, 2.24) is 4.90 Å². The van der Waals surface area contributed by atoms with Crippen LogP contribution in [0.25, 0.3) is 0 Å². The van der Waals surface area contributed by atoms with E-state index in [0.717, 1.165) is 12.8 Å². The summed E-state index contributed by atoms with van der Waals surface area (Å²) >= 11 is 0. The fourth-order valence-corrected chi connectivity index (χ4v) is 2.26. The Balaban J connectivity index is 1.73. The van der Waals surface area contributed by atoms with Gasteiger partial charge in [0.2, 0.25) is 5.91 Å². The summed E-state index contributed by atoms with van der Waals surface area (Å²) in [6.07, 6.45) is 4.15. The monoisotopic (exact) mass is 241 g/mol. The molecule has 0 spiro atoms. The van der Waals surface area contributed by atoms with Crippen molar-refractivity contribution in [3.63, 3.8) is 0 Å². The van der Waals surface area contributed by atoms with E-state index in [0.29, 0.717) is 19.1 Å². The lowest BCUT2D eigenvalue weighted by Gasteiger charge is -2.23. The molecule has 0 aromatic heterocycles. The molecule has 2 fully saturated rings. The Morgan fingerprint density at radius 2 is 2.06 bits per heavy atom. The van der Waals surface area contributed by atoms with Crippen LogP contribution in [0.1, 0.15) is 32.1 Å². The van der Waals surface area contributed by atoms with Gasteiger partial charge in [-0.15, -0.1) is 0 Å². The number of carbonyl (C=O) groups is 2. The molecular formula is C12H19NO4. The number of rotatable bonds is 6. The van der Waals surface area contributed by atoms with Crippen LogP contribution < -0.4 is 0 Å². The minimum Gasteiger partial charge on any atom is -0.481 e. The largest absolute Gasteiger partial charge is 0.481 e. The zero-order valence-corrected chi connectivity index (χ0v) is 9.93. The molecule has 96 valence electrons. The Hall–Kier alpha value is -1.10. The smallest absolute Gasteiger partial charge is 0.305 e. The van der Waals surface area contributed by atoms with Gasteiger partial charge in [0.1, 0.15) is 6.61 Å². The van der Waals surface area contributed by atoms with Gasteiger partial charge in [-0.25, -0.2) is 0 Å². The van der Waals surface area contributed by atoms with Gasteiger partial charge < -0.3 is 14.7 Å². The highest BCUT2D eigenvalue weighted by Crippen LogP contribution is 2.28. The topological polar surface area (TPSA) is 66.8 Å². The summed E-state index contributed by atoms with van der Waals surface area (Å²) in [4.78, 5) is 24.2. The Kier molecular flexibility index (Phi) is 3.99. The first-order valence-corrected chi connectivity index (χ1v) is 6.26. The summed E-state index contributed by atoms with van der Waals surface area (Å²) in [6, 6.07) is -0.135. The molecule has 17 heavy (non-hydrogen) atoms. The molecule has 0 radical (unpaired) electrons. The van der Waals surface area contributed by atoms with Gasteiger partial charge in [0.05, 0.1) is 13.0 Å². The molecule has 0 aromatic rings. The van der Waals surface area contributed by atoms with Crippen LogP contribution in [0.3, 0.4) is 0 Å². The fourth-order valence-electron chi connectivity index (χ4n) is 2.26. The maximum atomic E-state index is 11.8. The van der Waals surface area contributed by atoms with Crippen LogP contribution in [0, 0.1) is 5.92 Å². The zero-order chi connectivity index (χ0) is 12.3. The third-order valence-electron chi connectivity index (χ3n) is 3.38. The van der Waals surface area contributed by atoms with Crippen molar-refractivity contribution in [2.45, 2.75) is 38.1 Å². The van der Waals surface area contributed by atoms with Gasteiger partial charge in [0, 0.05) is 12.6 Å². The minimum absolute atomic E-state index is 0.0500. The lowest BCUT2D eigenvalue weighted by molar-refractivity contribution is -0.141. The third-order valence-corrected chi connectivity index (χ3v) is 3.38. The van der Waals surface area contributed by atoms with Crippen LogP contribution >= 0.6 is 0 Å². The molecule has 5 nitrogen and oxygen atoms in total. The highest BCUT2D eigenvalue weighted by atomic mass is 16.5. The molecule has 1 unspecified atom stereocenters. The summed E-state index contributed by atoms with van der Waals surface area (Å²) in [5.41, 5.74) is 0. The van der Waals surface area contributed by atoms with Crippen LogP contribution in [0.4, 0.5) is 0 Å². The SMILES string of the molecule is O=C(O)CC1CCCN1C(=O)COCC1CC1. The quantitative estimate of drug-likeness (QED) is 0.749. The lowest BCUT2D eigenvalue weighted by Crippen LogP contribution is -2.39. The number of aliphatic carboxylic acids is 1. The molecule has 1 saturated heterocycles. The number of likely N-dealkylation sites (tertiary alicyclic amines) is 1. The second kappa shape index (κ2) is 5.49. The molecular weight excluding hydrogens is 222 g/mol. The average molecular weight is 241 g/mol. The number of carboxylic acid groups (broad SMARTS) is 1. The number of amides is 1. The van der Waals surface area contributed by atoms with E-state index in [4.69, 9.17) is 9.84 Å². The molecule has 5 heteroatoms. The van der Waals surface area contributed by atoms with E-state index in [1.54, 1.807) is 4.90 Å². The highest BCUT2D eigenvalue weighted by molar-refractivity contribution is 5.79. The van der Waals surface area contributed by atoms with Crippen LogP contribution in [0.2, 0.25) is 0 Å². The third kappa shape index (κ3) is 3.70. The van der Waals surface area contributed by atoms with Gasteiger partial charge in [-0.05, 0) is 31.6 Å². The van der Waals surface area contributed by atoms with Crippen LogP contribution in [0.5, 0.6) is 0 Å². The van der Waals surface area contributed by atoms with Crippen molar-refractivity contribution < 1.29 is 19.4 Å². The van der Waals surface area contributed by atoms with Crippen LogP contribution in [-0.4, -0.2) is 47.7 Å². The number of carboxylic acids is 1. The second-order valence-electron chi connectivity index (χ2n) is 4.94. The van der Waals surface area contributed by atoms with E-state index in [9.17, 15) is 9.59 Å². The predicted octanol–water partition coefficient (Wildman–Crippen LogP) is 0.879. The molecule has 1 saturated carbocycles. The van der Waals surface area contributed by atoms with Crippen molar-refractivity contribution in [2.24, 2.45) is 5.92 Å². The summed E-state index contributed by atoms with van der Waals surface area (Å²) in [5, 5.41) is 8.76. The number of hydrogen-bond acceptors (Lipinski definition) is 3. The molecule has 0 bridgehead atoms. The molecule has 2 aliphatic rings. The van der Waals surface area contributed by atoms with Gasteiger partial charge in [0.15, 0.2) is 0 Å². The first-order valence-electron chi connectivity index (χ1n) is 6.26. The van der Waals surface area contributed by atoms with E-state index in [-0.39, 0.29) is 25.0 Å². The van der Waals surface area contributed by atoms with Crippen LogP contribution in [-0.2, 0) is 14.3 Å². The van der Waals surface area contributed by atoms with Gasteiger partial charge in [-0.2, -0.15) is 0 Å². The summed E-state index contributed by atoms with van der Waals surface area (Å²) < 4.78 is 5.35. The van der Waals surface area contributed by atoms with E-state index < -0.39 is 5.97 Å². The van der Waals surface area contributed by atoms with Crippen molar-refractivity contribution in [3.8, 4) is 0 Å². The molecule has 2 rings (SSSR count). The second-order valence-corrected chi connectivity index (χ2v) is 4.94. The maximum Gasteiger partial charge on any atom is 0.305 e. The number of hydrogen-bond donors (Lipinski definition) is 1. The van der Waals surface area contributed by atoms with Gasteiger partial charge >= 0.3 is 5.97 Å². The Morgan fingerprint density at radius 1 is 1.29 bits per heavy atom. The first-order chi connectivity index (χ1) is 8.16. The Morgan fingerprint density at radius 3 is 2.71 bits per heavy atom. The standard InChI is InChI=1S/C12H19NO4/c14-11(8-17-7-9-3-4-9)13-5-1-2-10(13)6-12(15)16/h9-10H,1-8H2,(H,15,16). The molecule has 1 aliphatic carbocycles. The lowest BCUT2D eigenvalue weighted by atomic mass is 10.1. The summed E-state index contributed by atoms with van der Waals surface area (Å²) in [6.45, 7) is 1.44. The van der Waals surface area contributed by atoms with E-state index in [1.807, 2.05) is 0 Å². The van der Waals surface area contributed by atoms with E-state index in [2.05, 4.69) is 0 Å². The summed E-state index contributed by atoms with van der Waals surface area (Å²) in [5.74, 6) is -0.251. The zero-order valence-electron chi connectivity index (χ0n) is 9.93. The molecule has 0 aromatic carbocycles. The Bertz CT molecular complexity index is 301. The number of ether oxygens (including phenoxy) is 1. The van der Waals surface area contributed by atoms with E-state index >= 15 is 0 Å². The van der Waals surface area contributed by atoms with Crippen molar-refractivity contribution in [3.05, 3.63) is 0 Å². The van der Waals surface area contributed by atoms with Gasteiger partial charge in [-0.3, -0.25) is 9.59 Å². The average Bonchev–Trinajstić information content (AvgIpc) is 2.97. The van der Waals surface area contributed by atoms with E-state index in [1.165, 1.54) is 12.8 Å². The maximum absolute atomic E-state index is 11.8.